The summed E-state index contributed by atoms with van der Waals surface area (Å²) in [6.45, 7) is 8.77. The van der Waals surface area contributed by atoms with Crippen molar-refractivity contribution in [2.24, 2.45) is 0 Å². The number of nitrogens with zero attached hydrogens (tertiary/aromatic N) is 2. The molecule has 0 radical (unpaired) electrons. The maximum absolute atomic E-state index is 12.8. The Bertz CT molecular complexity index is 437. The first-order valence-corrected chi connectivity index (χ1v) is 8.26. The molecule has 0 bridgehead atoms. The summed E-state index contributed by atoms with van der Waals surface area (Å²) < 4.78 is 5.61. The molecule has 0 aromatic rings. The molecule has 2 fully saturated rings. The number of methoxy groups -OCH3 is 1. The summed E-state index contributed by atoms with van der Waals surface area (Å²) in [4.78, 5) is 28.5. The van der Waals surface area contributed by atoms with Crippen molar-refractivity contribution in [1.82, 2.24) is 20.4 Å². The summed E-state index contributed by atoms with van der Waals surface area (Å²) in [5.74, 6) is 0.0913. The van der Waals surface area contributed by atoms with E-state index in [1.54, 1.807) is 13.2 Å². The van der Waals surface area contributed by atoms with Crippen molar-refractivity contribution in [3.63, 3.8) is 0 Å². The number of amides is 2. The highest BCUT2D eigenvalue weighted by molar-refractivity contribution is 5.86. The first-order valence-electron chi connectivity index (χ1n) is 8.26. The molecule has 2 amide bonds. The molecule has 0 aromatic carbocycles. The number of carbonyl (C=O) groups is 2. The Hall–Kier alpha value is -0.860. The topological polar surface area (TPSA) is 73.9 Å². The van der Waals surface area contributed by atoms with Crippen LogP contribution in [0.25, 0.3) is 0 Å². The third-order valence-corrected chi connectivity index (χ3v) is 4.66. The normalized spacial score (nSPS) is 20.0. The van der Waals surface area contributed by atoms with Crippen molar-refractivity contribution in [3.05, 3.63) is 12.7 Å². The first kappa shape index (κ1) is 24.1. The molecule has 2 rings (SSSR count). The molecular weight excluding hydrogens is 367 g/mol. The lowest BCUT2D eigenvalue weighted by molar-refractivity contribution is -0.160. The summed E-state index contributed by atoms with van der Waals surface area (Å²) in [5, 5.41) is 6.04. The maximum Gasteiger partial charge on any atom is 0.254 e. The van der Waals surface area contributed by atoms with Crippen LogP contribution in [0.15, 0.2) is 12.7 Å². The number of rotatable bonds is 6. The Kier molecular flexibility index (Phi) is 11.3. The highest BCUT2D eigenvalue weighted by Crippen LogP contribution is 2.25. The summed E-state index contributed by atoms with van der Waals surface area (Å²) in [5.41, 5.74) is -0.672. The van der Waals surface area contributed by atoms with Gasteiger partial charge in [0.15, 0.2) is 0 Å². The Morgan fingerprint density at radius 1 is 1.20 bits per heavy atom. The van der Waals surface area contributed by atoms with E-state index >= 15 is 0 Å². The zero-order chi connectivity index (χ0) is 16.7. The molecule has 2 N–H and O–H groups in total. The average molecular weight is 397 g/mol. The Labute approximate surface area is 162 Å². The third-order valence-electron chi connectivity index (χ3n) is 4.66. The molecule has 2 heterocycles. The van der Waals surface area contributed by atoms with E-state index in [2.05, 4.69) is 22.1 Å². The number of piperidine rings is 1. The van der Waals surface area contributed by atoms with E-state index in [9.17, 15) is 9.59 Å². The lowest BCUT2D eigenvalue weighted by Gasteiger charge is -2.42. The minimum absolute atomic E-state index is 0. The maximum atomic E-state index is 12.8. The third kappa shape index (κ3) is 6.42. The van der Waals surface area contributed by atoms with Crippen molar-refractivity contribution in [2.45, 2.75) is 18.4 Å². The number of halogens is 2. The van der Waals surface area contributed by atoms with Crippen molar-refractivity contribution in [3.8, 4) is 0 Å². The van der Waals surface area contributed by atoms with Crippen LogP contribution in [0.4, 0.5) is 0 Å². The smallest absolute Gasteiger partial charge is 0.254 e. The molecule has 0 atom stereocenters. The van der Waals surface area contributed by atoms with Crippen LogP contribution in [-0.4, -0.2) is 86.7 Å². The quantitative estimate of drug-likeness (QED) is 0.620. The second-order valence-electron chi connectivity index (χ2n) is 6.11. The zero-order valence-corrected chi connectivity index (χ0v) is 16.4. The lowest BCUT2D eigenvalue weighted by atomic mass is 9.90. The summed E-state index contributed by atoms with van der Waals surface area (Å²) in [6.07, 6.45) is 3.09. The molecule has 2 saturated heterocycles. The fraction of sp³-hybridized carbons (Fsp3) is 0.750. The van der Waals surface area contributed by atoms with E-state index in [-0.39, 0.29) is 36.6 Å². The van der Waals surface area contributed by atoms with Gasteiger partial charge in [-0.1, -0.05) is 6.08 Å². The number of nitrogens with one attached hydrogen (secondary N) is 2. The van der Waals surface area contributed by atoms with Gasteiger partial charge in [0.05, 0.1) is 6.54 Å². The van der Waals surface area contributed by atoms with E-state index in [4.69, 9.17) is 4.74 Å². The number of hydrogen-bond donors (Lipinski definition) is 2. The average Bonchev–Trinajstić information content (AvgIpc) is 2.60. The monoisotopic (exact) mass is 396 g/mol. The van der Waals surface area contributed by atoms with Gasteiger partial charge in [-0.25, -0.2) is 0 Å². The van der Waals surface area contributed by atoms with Crippen LogP contribution in [0.3, 0.4) is 0 Å². The van der Waals surface area contributed by atoms with Gasteiger partial charge in [0.25, 0.3) is 5.91 Å². The van der Waals surface area contributed by atoms with Crippen LogP contribution in [0, 0.1) is 0 Å². The van der Waals surface area contributed by atoms with Gasteiger partial charge in [0.2, 0.25) is 5.91 Å². The minimum Gasteiger partial charge on any atom is -0.368 e. The second kappa shape index (κ2) is 11.7. The van der Waals surface area contributed by atoms with Crippen LogP contribution in [0.1, 0.15) is 12.8 Å². The molecule has 25 heavy (non-hydrogen) atoms. The molecule has 0 aliphatic carbocycles. The largest absolute Gasteiger partial charge is 0.368 e. The zero-order valence-electron chi connectivity index (χ0n) is 14.8. The van der Waals surface area contributed by atoms with Gasteiger partial charge in [0, 0.05) is 39.8 Å². The first-order chi connectivity index (χ1) is 11.1. The van der Waals surface area contributed by atoms with E-state index < -0.39 is 5.60 Å². The molecule has 0 spiro atoms. The fourth-order valence-electron chi connectivity index (χ4n) is 3.18. The number of piperazine rings is 1. The molecule has 146 valence electrons. The molecule has 7 nitrogen and oxygen atoms in total. The second-order valence-corrected chi connectivity index (χ2v) is 6.11. The van der Waals surface area contributed by atoms with E-state index in [0.29, 0.717) is 52.1 Å². The summed E-state index contributed by atoms with van der Waals surface area (Å²) in [7, 11) is 1.63. The van der Waals surface area contributed by atoms with E-state index in [1.807, 2.05) is 4.90 Å². The van der Waals surface area contributed by atoms with Crippen LogP contribution < -0.4 is 10.6 Å². The van der Waals surface area contributed by atoms with Crippen LogP contribution in [-0.2, 0) is 14.3 Å². The molecular formula is C16H30Cl2N4O3. The molecule has 9 heteroatoms. The molecule has 0 saturated carbocycles. The van der Waals surface area contributed by atoms with Crippen molar-refractivity contribution in [2.75, 3.05) is 59.5 Å². The number of carbonyl (C=O) groups excluding carboxylic acids is 2. The van der Waals surface area contributed by atoms with Gasteiger partial charge >= 0.3 is 0 Å². The number of ether oxygens (including phenoxy) is 1. The summed E-state index contributed by atoms with van der Waals surface area (Å²) in [6, 6.07) is 0. The molecule has 2 aliphatic heterocycles. The van der Waals surface area contributed by atoms with E-state index in [1.165, 1.54) is 0 Å². The van der Waals surface area contributed by atoms with Crippen molar-refractivity contribution in [1.29, 1.82) is 0 Å². The number of hydrogen-bond acceptors (Lipinski definition) is 5. The van der Waals surface area contributed by atoms with Gasteiger partial charge in [-0.2, -0.15) is 0 Å². The Balaban J connectivity index is 0.00000288. The summed E-state index contributed by atoms with van der Waals surface area (Å²) >= 11 is 0. The SMILES string of the molecule is C=CCNC(=O)CN1CCN(C(=O)C2(OC)CCNCC2)CC1.Cl.Cl. The highest BCUT2D eigenvalue weighted by Gasteiger charge is 2.42. The van der Waals surface area contributed by atoms with Crippen LogP contribution in [0.5, 0.6) is 0 Å². The van der Waals surface area contributed by atoms with Gasteiger partial charge in [0.1, 0.15) is 5.60 Å². The molecule has 0 unspecified atom stereocenters. The molecule has 0 aromatic heterocycles. The standard InChI is InChI=1S/C16H28N4O3.2ClH/c1-3-6-18-14(21)13-19-9-11-20(12-10-19)15(22)16(23-2)4-7-17-8-5-16;;/h3,17H,1,4-13H2,2H3,(H,18,21);2*1H. The molecule has 2 aliphatic rings. The van der Waals surface area contributed by atoms with E-state index in [0.717, 1.165) is 13.1 Å². The minimum atomic E-state index is -0.672. The fourth-order valence-corrected chi connectivity index (χ4v) is 3.18. The Morgan fingerprint density at radius 2 is 1.80 bits per heavy atom. The van der Waals surface area contributed by atoms with Crippen molar-refractivity contribution >= 4 is 36.6 Å². The van der Waals surface area contributed by atoms with Gasteiger partial charge < -0.3 is 20.3 Å². The van der Waals surface area contributed by atoms with Crippen LogP contribution >= 0.6 is 24.8 Å². The highest BCUT2D eigenvalue weighted by atomic mass is 35.5. The van der Waals surface area contributed by atoms with Gasteiger partial charge in [-0.15, -0.1) is 31.4 Å². The van der Waals surface area contributed by atoms with Gasteiger partial charge in [-0.05, 0) is 25.9 Å². The predicted molar refractivity (Wildman–Crippen MR) is 103 cm³/mol. The van der Waals surface area contributed by atoms with Gasteiger partial charge in [-0.3, -0.25) is 14.5 Å². The predicted octanol–water partition coefficient (Wildman–Crippen LogP) is 0.0450. The van der Waals surface area contributed by atoms with Crippen LogP contribution in [0.2, 0.25) is 0 Å². The van der Waals surface area contributed by atoms with Crippen molar-refractivity contribution < 1.29 is 14.3 Å². The Morgan fingerprint density at radius 3 is 2.32 bits per heavy atom. The lowest BCUT2D eigenvalue weighted by Crippen LogP contribution is -2.59.